The molecule has 0 aliphatic rings. The van der Waals surface area contributed by atoms with Gasteiger partial charge in [0.15, 0.2) is 0 Å². The maximum atomic E-state index is 10.3. The number of hydrogen-bond acceptors (Lipinski definition) is 2. The molecule has 2 aromatic rings. The summed E-state index contributed by atoms with van der Waals surface area (Å²) in [5.74, 6) is 0. The minimum atomic E-state index is -0.579. The summed E-state index contributed by atoms with van der Waals surface area (Å²) in [5, 5.41) is 16.2. The summed E-state index contributed by atoms with van der Waals surface area (Å²) >= 11 is 0. The highest BCUT2D eigenvalue weighted by atomic mass is 16.3. The van der Waals surface area contributed by atoms with Crippen molar-refractivity contribution in [1.82, 2.24) is 5.32 Å². The zero-order chi connectivity index (χ0) is 13.7. The molecule has 0 saturated heterocycles. The van der Waals surface area contributed by atoms with Gasteiger partial charge >= 0.3 is 0 Å². The molecule has 2 aromatic carbocycles. The fourth-order valence-corrected chi connectivity index (χ4v) is 2.38. The van der Waals surface area contributed by atoms with Gasteiger partial charge in [-0.25, -0.2) is 0 Å². The van der Waals surface area contributed by atoms with Crippen molar-refractivity contribution in [3.63, 3.8) is 0 Å². The zero-order valence-corrected chi connectivity index (χ0v) is 11.8. The molecule has 0 aromatic heterocycles. The second-order valence-electron chi connectivity index (χ2n) is 5.17. The molecule has 102 valence electrons. The first-order valence-electron chi connectivity index (χ1n) is 7.08. The van der Waals surface area contributed by atoms with Crippen molar-refractivity contribution in [2.45, 2.75) is 38.8 Å². The maximum absolute atomic E-state index is 10.3. The van der Waals surface area contributed by atoms with Gasteiger partial charge in [0.2, 0.25) is 0 Å². The number of fused-ring (bicyclic) bond motifs is 1. The molecule has 0 amide bonds. The standard InChI is InChI=1S/C17H23NO/c1-3-17(19,4-2)13-18-12-15-10-7-9-14-8-5-6-11-16(14)15/h5-11,18-19H,3-4,12-13H2,1-2H3. The minimum Gasteiger partial charge on any atom is -0.389 e. The van der Waals surface area contributed by atoms with Crippen LogP contribution in [0.2, 0.25) is 0 Å². The lowest BCUT2D eigenvalue weighted by molar-refractivity contribution is 0.0323. The number of nitrogens with one attached hydrogen (secondary N) is 1. The van der Waals surface area contributed by atoms with Crippen LogP contribution in [-0.4, -0.2) is 17.3 Å². The van der Waals surface area contributed by atoms with E-state index in [2.05, 4.69) is 47.8 Å². The predicted octanol–water partition coefficient (Wildman–Crippen LogP) is 3.48. The Labute approximate surface area is 115 Å². The smallest absolute Gasteiger partial charge is 0.0766 e. The fraction of sp³-hybridized carbons (Fsp3) is 0.412. The normalized spacial score (nSPS) is 11.9. The van der Waals surface area contributed by atoms with Crippen LogP contribution in [-0.2, 0) is 6.54 Å². The van der Waals surface area contributed by atoms with Crippen LogP contribution in [0.25, 0.3) is 10.8 Å². The van der Waals surface area contributed by atoms with E-state index in [4.69, 9.17) is 0 Å². The summed E-state index contributed by atoms with van der Waals surface area (Å²) in [6.07, 6.45) is 1.57. The monoisotopic (exact) mass is 257 g/mol. The molecule has 0 bridgehead atoms. The van der Waals surface area contributed by atoms with E-state index < -0.39 is 5.60 Å². The third-order valence-electron chi connectivity index (χ3n) is 3.97. The van der Waals surface area contributed by atoms with E-state index in [0.29, 0.717) is 6.54 Å². The van der Waals surface area contributed by atoms with E-state index >= 15 is 0 Å². The summed E-state index contributed by atoms with van der Waals surface area (Å²) in [6.45, 7) is 5.50. The van der Waals surface area contributed by atoms with Gasteiger partial charge in [0, 0.05) is 13.1 Å². The molecule has 2 N–H and O–H groups in total. The summed E-state index contributed by atoms with van der Waals surface area (Å²) in [7, 11) is 0. The summed E-state index contributed by atoms with van der Waals surface area (Å²) in [4.78, 5) is 0. The van der Waals surface area contributed by atoms with Crippen molar-refractivity contribution in [1.29, 1.82) is 0 Å². The molecule has 0 aliphatic carbocycles. The average molecular weight is 257 g/mol. The lowest BCUT2D eigenvalue weighted by Gasteiger charge is -2.25. The highest BCUT2D eigenvalue weighted by Gasteiger charge is 2.21. The first-order valence-corrected chi connectivity index (χ1v) is 7.08. The molecular weight excluding hydrogens is 234 g/mol. The van der Waals surface area contributed by atoms with Gasteiger partial charge in [0.25, 0.3) is 0 Å². The molecule has 0 saturated carbocycles. The molecule has 19 heavy (non-hydrogen) atoms. The van der Waals surface area contributed by atoms with Crippen molar-refractivity contribution >= 4 is 10.8 Å². The minimum absolute atomic E-state index is 0.579. The van der Waals surface area contributed by atoms with Gasteiger partial charge in [-0.1, -0.05) is 56.3 Å². The third-order valence-corrected chi connectivity index (χ3v) is 3.97. The Kier molecular flexibility index (Phi) is 4.56. The maximum Gasteiger partial charge on any atom is 0.0766 e. The number of aliphatic hydroxyl groups is 1. The van der Waals surface area contributed by atoms with Crippen molar-refractivity contribution in [3.8, 4) is 0 Å². The number of rotatable bonds is 6. The molecular formula is C17H23NO. The van der Waals surface area contributed by atoms with Crippen LogP contribution in [0.3, 0.4) is 0 Å². The second kappa shape index (κ2) is 6.18. The average Bonchev–Trinajstić information content (AvgIpc) is 2.47. The van der Waals surface area contributed by atoms with Crippen LogP contribution in [0.4, 0.5) is 0 Å². The largest absolute Gasteiger partial charge is 0.389 e. The van der Waals surface area contributed by atoms with Gasteiger partial charge in [-0.15, -0.1) is 0 Å². The summed E-state index contributed by atoms with van der Waals surface area (Å²) in [6, 6.07) is 14.8. The van der Waals surface area contributed by atoms with E-state index in [-0.39, 0.29) is 0 Å². The van der Waals surface area contributed by atoms with E-state index in [1.807, 2.05) is 13.8 Å². The molecule has 0 aliphatic heterocycles. The van der Waals surface area contributed by atoms with E-state index in [0.717, 1.165) is 19.4 Å². The fourth-order valence-electron chi connectivity index (χ4n) is 2.38. The van der Waals surface area contributed by atoms with Gasteiger partial charge in [-0.05, 0) is 29.2 Å². The highest BCUT2D eigenvalue weighted by Crippen LogP contribution is 2.19. The lowest BCUT2D eigenvalue weighted by atomic mass is 9.97. The second-order valence-corrected chi connectivity index (χ2v) is 5.17. The van der Waals surface area contributed by atoms with Crippen molar-refractivity contribution < 1.29 is 5.11 Å². The first kappa shape index (κ1) is 14.0. The van der Waals surface area contributed by atoms with Gasteiger partial charge in [0.05, 0.1) is 5.60 Å². The highest BCUT2D eigenvalue weighted by molar-refractivity contribution is 5.85. The Morgan fingerprint density at radius 3 is 2.42 bits per heavy atom. The van der Waals surface area contributed by atoms with Crippen molar-refractivity contribution in [2.75, 3.05) is 6.54 Å². The van der Waals surface area contributed by atoms with Crippen molar-refractivity contribution in [3.05, 3.63) is 48.0 Å². The zero-order valence-electron chi connectivity index (χ0n) is 11.8. The Morgan fingerprint density at radius 1 is 1.00 bits per heavy atom. The molecule has 0 atom stereocenters. The molecule has 2 heteroatoms. The predicted molar refractivity (Wildman–Crippen MR) is 81.2 cm³/mol. The van der Waals surface area contributed by atoms with Crippen LogP contribution >= 0.6 is 0 Å². The van der Waals surface area contributed by atoms with E-state index in [1.165, 1.54) is 16.3 Å². The lowest BCUT2D eigenvalue weighted by Crippen LogP contribution is -2.39. The molecule has 0 radical (unpaired) electrons. The molecule has 0 spiro atoms. The SMILES string of the molecule is CCC(O)(CC)CNCc1cccc2ccccc12. The molecule has 0 unspecified atom stereocenters. The number of hydrogen-bond donors (Lipinski definition) is 2. The van der Waals surface area contributed by atoms with Gasteiger partial charge in [-0.2, -0.15) is 0 Å². The molecule has 0 fully saturated rings. The van der Waals surface area contributed by atoms with Crippen molar-refractivity contribution in [2.24, 2.45) is 0 Å². The molecule has 0 heterocycles. The Bertz CT molecular complexity index is 526. The van der Waals surface area contributed by atoms with Gasteiger partial charge in [0.1, 0.15) is 0 Å². The van der Waals surface area contributed by atoms with E-state index in [9.17, 15) is 5.11 Å². The first-order chi connectivity index (χ1) is 9.18. The molecule has 2 rings (SSSR count). The molecule has 2 nitrogen and oxygen atoms in total. The van der Waals surface area contributed by atoms with Crippen LogP contribution in [0.5, 0.6) is 0 Å². The van der Waals surface area contributed by atoms with Crippen LogP contribution in [0.15, 0.2) is 42.5 Å². The number of benzene rings is 2. The third kappa shape index (κ3) is 3.34. The van der Waals surface area contributed by atoms with E-state index in [1.54, 1.807) is 0 Å². The Balaban J connectivity index is 2.06. The quantitative estimate of drug-likeness (QED) is 0.830. The van der Waals surface area contributed by atoms with Crippen LogP contribution < -0.4 is 5.32 Å². The topological polar surface area (TPSA) is 32.3 Å². The van der Waals surface area contributed by atoms with Gasteiger partial charge in [-0.3, -0.25) is 0 Å². The Hall–Kier alpha value is -1.38. The van der Waals surface area contributed by atoms with Crippen LogP contribution in [0, 0.1) is 0 Å². The van der Waals surface area contributed by atoms with Gasteiger partial charge < -0.3 is 10.4 Å². The Morgan fingerprint density at radius 2 is 1.68 bits per heavy atom. The summed E-state index contributed by atoms with van der Waals surface area (Å²) in [5.41, 5.74) is 0.706. The van der Waals surface area contributed by atoms with Crippen LogP contribution in [0.1, 0.15) is 32.3 Å². The summed E-state index contributed by atoms with van der Waals surface area (Å²) < 4.78 is 0.